The molecule has 2 aromatic rings. The molecule has 18 heavy (non-hydrogen) atoms. The molecule has 2 rings (SSSR count). The van der Waals surface area contributed by atoms with Gasteiger partial charge in [-0.3, -0.25) is 9.67 Å². The monoisotopic (exact) mass is 248 g/mol. The first-order valence-corrected chi connectivity index (χ1v) is 5.96. The van der Waals surface area contributed by atoms with Crippen molar-refractivity contribution in [1.82, 2.24) is 20.1 Å². The molecule has 0 aliphatic carbocycles. The van der Waals surface area contributed by atoms with Crippen molar-refractivity contribution in [1.29, 1.82) is 0 Å². The lowest BCUT2D eigenvalue weighted by Gasteiger charge is -2.16. The number of rotatable bonds is 4. The van der Waals surface area contributed by atoms with E-state index in [1.807, 2.05) is 24.8 Å². The van der Waals surface area contributed by atoms with Crippen molar-refractivity contribution < 1.29 is 4.39 Å². The molecule has 4 nitrogen and oxygen atoms in total. The maximum atomic E-state index is 13.2. The first-order chi connectivity index (χ1) is 8.65. The van der Waals surface area contributed by atoms with Crippen LogP contribution in [0.2, 0.25) is 0 Å². The molecule has 2 aromatic heterocycles. The Balaban J connectivity index is 2.41. The molecule has 0 bridgehead atoms. The van der Waals surface area contributed by atoms with Gasteiger partial charge in [0.15, 0.2) is 0 Å². The van der Waals surface area contributed by atoms with Crippen molar-refractivity contribution >= 4 is 0 Å². The Labute approximate surface area is 106 Å². The Morgan fingerprint density at radius 1 is 1.39 bits per heavy atom. The highest BCUT2D eigenvalue weighted by Crippen LogP contribution is 2.22. The number of nitrogens with zero attached hydrogens (tertiary/aromatic N) is 3. The van der Waals surface area contributed by atoms with Gasteiger partial charge in [-0.15, -0.1) is 0 Å². The van der Waals surface area contributed by atoms with Crippen molar-refractivity contribution in [3.8, 4) is 0 Å². The molecule has 0 spiro atoms. The molecule has 0 aromatic carbocycles. The molecule has 0 fully saturated rings. The normalized spacial score (nSPS) is 12.7. The van der Waals surface area contributed by atoms with E-state index in [2.05, 4.69) is 22.3 Å². The fourth-order valence-corrected chi connectivity index (χ4v) is 2.06. The van der Waals surface area contributed by atoms with E-state index < -0.39 is 0 Å². The van der Waals surface area contributed by atoms with Gasteiger partial charge in [0, 0.05) is 13.2 Å². The molecule has 0 amide bonds. The smallest absolute Gasteiger partial charge is 0.141 e. The van der Waals surface area contributed by atoms with Gasteiger partial charge in [-0.05, 0) is 31.2 Å². The number of aryl methyl sites for hydroxylation is 2. The van der Waals surface area contributed by atoms with E-state index in [-0.39, 0.29) is 11.9 Å². The van der Waals surface area contributed by atoms with E-state index >= 15 is 0 Å². The summed E-state index contributed by atoms with van der Waals surface area (Å²) < 4.78 is 15.1. The van der Waals surface area contributed by atoms with Crippen LogP contribution in [0.1, 0.15) is 29.9 Å². The summed E-state index contributed by atoms with van der Waals surface area (Å²) in [4.78, 5) is 3.89. The zero-order valence-corrected chi connectivity index (χ0v) is 10.8. The predicted octanol–water partition coefficient (Wildman–Crippen LogP) is 1.83. The minimum atomic E-state index is -0.328. The minimum absolute atomic E-state index is 0.106. The average Bonchev–Trinajstić information content (AvgIpc) is 2.72. The number of hydrogen-bond donors (Lipinski definition) is 1. The summed E-state index contributed by atoms with van der Waals surface area (Å²) in [7, 11) is 3.74. The van der Waals surface area contributed by atoms with Crippen molar-refractivity contribution in [3.63, 3.8) is 0 Å². The number of pyridine rings is 1. The summed E-state index contributed by atoms with van der Waals surface area (Å²) in [6.45, 7) is 2.06. The van der Waals surface area contributed by atoms with Gasteiger partial charge < -0.3 is 5.32 Å². The van der Waals surface area contributed by atoms with Crippen LogP contribution in [-0.2, 0) is 13.5 Å². The zero-order chi connectivity index (χ0) is 13.1. The first-order valence-electron chi connectivity index (χ1n) is 5.96. The third-order valence-electron chi connectivity index (χ3n) is 2.97. The molecule has 0 radical (unpaired) electrons. The van der Waals surface area contributed by atoms with Gasteiger partial charge in [0.1, 0.15) is 5.82 Å². The second-order valence-electron chi connectivity index (χ2n) is 4.20. The molecule has 0 saturated heterocycles. The molecule has 1 N–H and O–H groups in total. The van der Waals surface area contributed by atoms with Crippen LogP contribution in [0.3, 0.4) is 0 Å². The SMILES string of the molecule is CCc1cc(C(NC)c2cncc(F)c2)n(C)n1. The summed E-state index contributed by atoms with van der Waals surface area (Å²) >= 11 is 0. The van der Waals surface area contributed by atoms with Gasteiger partial charge in [0.05, 0.1) is 23.6 Å². The van der Waals surface area contributed by atoms with Crippen molar-refractivity contribution in [2.75, 3.05) is 7.05 Å². The van der Waals surface area contributed by atoms with Gasteiger partial charge in [0.2, 0.25) is 0 Å². The third-order valence-corrected chi connectivity index (χ3v) is 2.97. The fraction of sp³-hybridized carbons (Fsp3) is 0.385. The van der Waals surface area contributed by atoms with Crippen LogP contribution < -0.4 is 5.32 Å². The van der Waals surface area contributed by atoms with Gasteiger partial charge in [-0.2, -0.15) is 5.10 Å². The molecule has 0 aliphatic rings. The highest BCUT2D eigenvalue weighted by molar-refractivity contribution is 5.27. The molecular formula is C13H17FN4. The van der Waals surface area contributed by atoms with Crippen LogP contribution >= 0.6 is 0 Å². The maximum absolute atomic E-state index is 13.2. The molecule has 0 saturated carbocycles. The summed E-state index contributed by atoms with van der Waals surface area (Å²) in [5.74, 6) is -0.328. The standard InChI is InChI=1S/C13H17FN4/c1-4-11-6-12(18(3)17-11)13(15-2)9-5-10(14)8-16-7-9/h5-8,13,15H,4H2,1-3H3. The second kappa shape index (κ2) is 5.27. The molecule has 5 heteroatoms. The number of aromatic nitrogens is 3. The van der Waals surface area contributed by atoms with E-state index in [0.717, 1.165) is 23.4 Å². The van der Waals surface area contributed by atoms with Crippen molar-refractivity contribution in [2.24, 2.45) is 7.05 Å². The molecule has 1 unspecified atom stereocenters. The summed E-state index contributed by atoms with van der Waals surface area (Å²) in [5.41, 5.74) is 2.82. The lowest BCUT2D eigenvalue weighted by atomic mass is 10.1. The quantitative estimate of drug-likeness (QED) is 0.897. The van der Waals surface area contributed by atoms with E-state index in [9.17, 15) is 4.39 Å². The third kappa shape index (κ3) is 2.41. The number of nitrogens with one attached hydrogen (secondary N) is 1. The van der Waals surface area contributed by atoms with Crippen LogP contribution in [-0.4, -0.2) is 21.8 Å². The lowest BCUT2D eigenvalue weighted by Crippen LogP contribution is -2.20. The average molecular weight is 248 g/mol. The van der Waals surface area contributed by atoms with Crippen LogP contribution in [0.4, 0.5) is 4.39 Å². The van der Waals surface area contributed by atoms with Crippen LogP contribution in [0, 0.1) is 5.82 Å². The summed E-state index contributed by atoms with van der Waals surface area (Å²) in [5, 5.41) is 7.58. The fourth-order valence-electron chi connectivity index (χ4n) is 2.06. The van der Waals surface area contributed by atoms with Crippen molar-refractivity contribution in [3.05, 3.63) is 47.3 Å². The van der Waals surface area contributed by atoms with Gasteiger partial charge >= 0.3 is 0 Å². The van der Waals surface area contributed by atoms with Crippen LogP contribution in [0.25, 0.3) is 0 Å². The molecule has 0 aliphatic heterocycles. The highest BCUT2D eigenvalue weighted by atomic mass is 19.1. The molecular weight excluding hydrogens is 231 g/mol. The van der Waals surface area contributed by atoms with Gasteiger partial charge in [-0.1, -0.05) is 6.92 Å². The van der Waals surface area contributed by atoms with Gasteiger partial charge in [-0.25, -0.2) is 4.39 Å². The molecule has 1 atom stereocenters. The summed E-state index contributed by atoms with van der Waals surface area (Å²) in [6.07, 6.45) is 3.76. The Morgan fingerprint density at radius 2 is 2.17 bits per heavy atom. The second-order valence-corrected chi connectivity index (χ2v) is 4.20. The van der Waals surface area contributed by atoms with Crippen LogP contribution in [0.15, 0.2) is 24.5 Å². The number of hydrogen-bond acceptors (Lipinski definition) is 3. The first kappa shape index (κ1) is 12.7. The molecule has 2 heterocycles. The number of halogens is 1. The minimum Gasteiger partial charge on any atom is -0.308 e. The zero-order valence-electron chi connectivity index (χ0n) is 10.8. The lowest BCUT2D eigenvalue weighted by molar-refractivity contribution is 0.585. The highest BCUT2D eigenvalue weighted by Gasteiger charge is 2.17. The predicted molar refractivity (Wildman–Crippen MR) is 67.7 cm³/mol. The van der Waals surface area contributed by atoms with E-state index in [0.29, 0.717) is 0 Å². The van der Waals surface area contributed by atoms with Crippen LogP contribution in [0.5, 0.6) is 0 Å². The van der Waals surface area contributed by atoms with E-state index in [4.69, 9.17) is 0 Å². The summed E-state index contributed by atoms with van der Waals surface area (Å²) in [6, 6.07) is 3.42. The Kier molecular flexibility index (Phi) is 3.72. The Hall–Kier alpha value is -1.75. The largest absolute Gasteiger partial charge is 0.308 e. The van der Waals surface area contributed by atoms with Gasteiger partial charge in [0.25, 0.3) is 0 Å². The topological polar surface area (TPSA) is 42.7 Å². The maximum Gasteiger partial charge on any atom is 0.141 e. The van der Waals surface area contributed by atoms with E-state index in [1.165, 1.54) is 12.3 Å². The Bertz CT molecular complexity index is 536. The van der Waals surface area contributed by atoms with E-state index in [1.54, 1.807) is 6.20 Å². The Morgan fingerprint density at radius 3 is 2.72 bits per heavy atom. The van der Waals surface area contributed by atoms with Crippen molar-refractivity contribution in [2.45, 2.75) is 19.4 Å². The molecule has 96 valence electrons.